The zero-order valence-corrected chi connectivity index (χ0v) is 11.7. The van der Waals surface area contributed by atoms with Crippen molar-refractivity contribution in [3.05, 3.63) is 11.6 Å². The van der Waals surface area contributed by atoms with Crippen molar-refractivity contribution in [2.75, 3.05) is 0 Å². The van der Waals surface area contributed by atoms with E-state index < -0.39 is 12.1 Å². The van der Waals surface area contributed by atoms with E-state index in [1.807, 2.05) is 26.8 Å². The molecule has 0 radical (unpaired) electrons. The summed E-state index contributed by atoms with van der Waals surface area (Å²) in [6, 6.07) is 0. The van der Waals surface area contributed by atoms with Crippen molar-refractivity contribution in [2.45, 2.75) is 65.5 Å². The Morgan fingerprint density at radius 2 is 2.00 bits per heavy atom. The Kier molecular flexibility index (Phi) is 5.74. The van der Waals surface area contributed by atoms with Crippen molar-refractivity contribution in [1.82, 2.24) is 0 Å². The summed E-state index contributed by atoms with van der Waals surface area (Å²) in [5.41, 5.74) is 0.646. The van der Waals surface area contributed by atoms with Crippen LogP contribution in [-0.2, 0) is 0 Å². The number of hydrogen-bond donors (Lipinski definition) is 0. The van der Waals surface area contributed by atoms with E-state index >= 15 is 0 Å². The number of unbranched alkanes of at least 4 members (excludes halogenated alkanes) is 1. The zero-order chi connectivity index (χ0) is 13.8. The SMILES string of the molecule is CCC/C=C1/CCCC(C(C)C)CC1C(F)(F)F. The molecular formula is C15H25F3. The lowest BCUT2D eigenvalue weighted by Gasteiger charge is -2.26. The highest BCUT2D eigenvalue weighted by molar-refractivity contribution is 5.11. The Hall–Kier alpha value is -0.470. The quantitative estimate of drug-likeness (QED) is 0.449. The molecule has 0 heterocycles. The summed E-state index contributed by atoms with van der Waals surface area (Å²) in [6.07, 6.45) is 2.23. The summed E-state index contributed by atoms with van der Waals surface area (Å²) in [4.78, 5) is 0. The molecule has 0 saturated heterocycles. The molecule has 0 aliphatic heterocycles. The summed E-state index contributed by atoms with van der Waals surface area (Å²) >= 11 is 0. The minimum Gasteiger partial charge on any atom is -0.170 e. The summed E-state index contributed by atoms with van der Waals surface area (Å²) in [6.45, 7) is 6.09. The molecule has 18 heavy (non-hydrogen) atoms. The van der Waals surface area contributed by atoms with E-state index in [0.29, 0.717) is 17.9 Å². The molecule has 2 unspecified atom stereocenters. The Morgan fingerprint density at radius 1 is 1.33 bits per heavy atom. The van der Waals surface area contributed by atoms with Crippen LogP contribution in [0.3, 0.4) is 0 Å². The summed E-state index contributed by atoms with van der Waals surface area (Å²) in [7, 11) is 0. The van der Waals surface area contributed by atoms with Gasteiger partial charge in [0.25, 0.3) is 0 Å². The fraction of sp³-hybridized carbons (Fsp3) is 0.867. The Labute approximate surface area is 109 Å². The average molecular weight is 262 g/mol. The molecule has 1 rings (SSSR count). The fourth-order valence-electron chi connectivity index (χ4n) is 2.84. The normalized spacial score (nSPS) is 28.7. The van der Waals surface area contributed by atoms with Gasteiger partial charge in [-0.2, -0.15) is 13.2 Å². The van der Waals surface area contributed by atoms with E-state index in [0.717, 1.165) is 25.7 Å². The van der Waals surface area contributed by atoms with Gasteiger partial charge in [0.2, 0.25) is 0 Å². The molecule has 106 valence electrons. The number of allylic oxidation sites excluding steroid dienone is 2. The standard InChI is InChI=1S/C15H25F3/c1-4-5-7-12-8-6-9-13(11(2)3)10-14(12)15(16,17)18/h7,11,13-14H,4-6,8-10H2,1-3H3/b12-7-. The van der Waals surface area contributed by atoms with Crippen LogP contribution >= 0.6 is 0 Å². The predicted molar refractivity (Wildman–Crippen MR) is 69.3 cm³/mol. The molecule has 0 amide bonds. The van der Waals surface area contributed by atoms with Crippen LogP contribution in [0.4, 0.5) is 13.2 Å². The van der Waals surface area contributed by atoms with Crippen molar-refractivity contribution in [3.8, 4) is 0 Å². The first-order valence-corrected chi connectivity index (χ1v) is 7.11. The van der Waals surface area contributed by atoms with Crippen molar-refractivity contribution < 1.29 is 13.2 Å². The maximum Gasteiger partial charge on any atom is 0.395 e. The highest BCUT2D eigenvalue weighted by Crippen LogP contribution is 2.43. The first-order valence-electron chi connectivity index (χ1n) is 7.11. The largest absolute Gasteiger partial charge is 0.395 e. The lowest BCUT2D eigenvalue weighted by molar-refractivity contribution is -0.168. The monoisotopic (exact) mass is 262 g/mol. The van der Waals surface area contributed by atoms with Crippen LogP contribution < -0.4 is 0 Å². The molecule has 0 bridgehead atoms. The topological polar surface area (TPSA) is 0 Å². The van der Waals surface area contributed by atoms with Crippen LogP contribution in [0.2, 0.25) is 0 Å². The second-order valence-electron chi connectivity index (χ2n) is 5.79. The maximum atomic E-state index is 13.2. The molecule has 0 aromatic rings. The van der Waals surface area contributed by atoms with Crippen molar-refractivity contribution >= 4 is 0 Å². The van der Waals surface area contributed by atoms with Gasteiger partial charge in [-0.05, 0) is 43.9 Å². The Balaban J connectivity index is 2.90. The van der Waals surface area contributed by atoms with Gasteiger partial charge < -0.3 is 0 Å². The van der Waals surface area contributed by atoms with Gasteiger partial charge in [-0.1, -0.05) is 38.8 Å². The molecular weight excluding hydrogens is 237 g/mol. The molecule has 1 aliphatic rings. The second-order valence-corrected chi connectivity index (χ2v) is 5.79. The fourth-order valence-corrected chi connectivity index (χ4v) is 2.84. The molecule has 1 saturated carbocycles. The van der Waals surface area contributed by atoms with E-state index in [1.165, 1.54) is 0 Å². The lowest BCUT2D eigenvalue weighted by atomic mass is 9.83. The second kappa shape index (κ2) is 6.63. The Bertz CT molecular complexity index is 276. The van der Waals surface area contributed by atoms with Gasteiger partial charge in [0, 0.05) is 0 Å². The van der Waals surface area contributed by atoms with Gasteiger partial charge in [0.1, 0.15) is 0 Å². The van der Waals surface area contributed by atoms with Crippen LogP contribution in [0.1, 0.15) is 59.3 Å². The minimum atomic E-state index is -4.07. The number of alkyl halides is 3. The van der Waals surface area contributed by atoms with Crippen molar-refractivity contribution in [2.24, 2.45) is 17.8 Å². The van der Waals surface area contributed by atoms with Crippen LogP contribution in [0, 0.1) is 17.8 Å². The molecule has 0 aromatic heterocycles. The molecule has 3 heteroatoms. The third-order valence-electron chi connectivity index (χ3n) is 4.06. The van der Waals surface area contributed by atoms with Crippen LogP contribution in [0.15, 0.2) is 11.6 Å². The summed E-state index contributed by atoms with van der Waals surface area (Å²) in [5.74, 6) is -0.636. The summed E-state index contributed by atoms with van der Waals surface area (Å²) < 4.78 is 39.6. The van der Waals surface area contributed by atoms with Gasteiger partial charge in [-0.15, -0.1) is 0 Å². The van der Waals surface area contributed by atoms with Gasteiger partial charge in [-0.3, -0.25) is 0 Å². The molecule has 0 nitrogen and oxygen atoms in total. The van der Waals surface area contributed by atoms with Gasteiger partial charge in [-0.25, -0.2) is 0 Å². The van der Waals surface area contributed by atoms with Crippen molar-refractivity contribution in [1.29, 1.82) is 0 Å². The number of hydrogen-bond acceptors (Lipinski definition) is 0. The lowest BCUT2D eigenvalue weighted by Crippen LogP contribution is -2.27. The minimum absolute atomic E-state index is 0.212. The first kappa shape index (κ1) is 15.6. The molecule has 0 N–H and O–H groups in total. The molecule has 1 aliphatic carbocycles. The highest BCUT2D eigenvalue weighted by Gasteiger charge is 2.43. The molecule has 0 aromatic carbocycles. The molecule has 0 spiro atoms. The van der Waals surface area contributed by atoms with Gasteiger partial charge in [0.05, 0.1) is 5.92 Å². The van der Waals surface area contributed by atoms with Gasteiger partial charge >= 0.3 is 6.18 Å². The van der Waals surface area contributed by atoms with Crippen LogP contribution in [0.5, 0.6) is 0 Å². The van der Waals surface area contributed by atoms with E-state index in [4.69, 9.17) is 0 Å². The van der Waals surface area contributed by atoms with E-state index in [1.54, 1.807) is 0 Å². The first-order chi connectivity index (χ1) is 8.36. The number of rotatable bonds is 3. The van der Waals surface area contributed by atoms with Crippen LogP contribution in [0.25, 0.3) is 0 Å². The average Bonchev–Trinajstić information content (AvgIpc) is 2.47. The smallest absolute Gasteiger partial charge is 0.170 e. The third-order valence-corrected chi connectivity index (χ3v) is 4.06. The Morgan fingerprint density at radius 3 is 2.50 bits per heavy atom. The van der Waals surface area contributed by atoms with Gasteiger partial charge in [0.15, 0.2) is 0 Å². The molecule has 1 fully saturated rings. The predicted octanol–water partition coefficient (Wildman–Crippen LogP) is 5.74. The van der Waals surface area contributed by atoms with E-state index in [-0.39, 0.29) is 12.3 Å². The number of halogens is 3. The van der Waals surface area contributed by atoms with Crippen LogP contribution in [-0.4, -0.2) is 6.18 Å². The highest BCUT2D eigenvalue weighted by atomic mass is 19.4. The third kappa shape index (κ3) is 4.33. The maximum absolute atomic E-state index is 13.2. The molecule has 2 atom stereocenters. The summed E-state index contributed by atoms with van der Waals surface area (Å²) in [5, 5.41) is 0. The van der Waals surface area contributed by atoms with E-state index in [2.05, 4.69) is 0 Å². The van der Waals surface area contributed by atoms with E-state index in [9.17, 15) is 13.2 Å². The van der Waals surface area contributed by atoms with Crippen molar-refractivity contribution in [3.63, 3.8) is 0 Å². The zero-order valence-electron chi connectivity index (χ0n) is 11.7.